The number of benzene rings is 1. The van der Waals surface area contributed by atoms with Crippen LogP contribution in [0.25, 0.3) is 0 Å². The third-order valence-electron chi connectivity index (χ3n) is 6.31. The zero-order valence-corrected chi connectivity index (χ0v) is 15.7. The largest absolute Gasteiger partial charge is 0.342 e. The summed E-state index contributed by atoms with van der Waals surface area (Å²) in [6.45, 7) is 2.12. The van der Waals surface area contributed by atoms with Crippen molar-refractivity contribution in [1.29, 1.82) is 0 Å². The lowest BCUT2D eigenvalue weighted by Gasteiger charge is -2.46. The molecule has 2 amide bonds. The Bertz CT molecular complexity index is 704. The second kappa shape index (κ2) is 7.97. The van der Waals surface area contributed by atoms with E-state index in [1.165, 1.54) is 38.2 Å². The van der Waals surface area contributed by atoms with Crippen molar-refractivity contribution in [2.24, 2.45) is 5.92 Å². The zero-order chi connectivity index (χ0) is 18.8. The molecule has 4 rings (SSSR count). The maximum Gasteiger partial charge on any atom is 0.245 e. The second-order valence-electron chi connectivity index (χ2n) is 8.17. The molecule has 2 heterocycles. The Balaban J connectivity index is 1.38. The average molecular weight is 373 g/mol. The molecule has 6 heteroatoms. The Morgan fingerprint density at radius 3 is 2.63 bits per heavy atom. The van der Waals surface area contributed by atoms with E-state index in [0.717, 1.165) is 6.42 Å². The average Bonchev–Trinajstić information content (AvgIpc) is 2.68. The van der Waals surface area contributed by atoms with Crippen molar-refractivity contribution >= 4 is 11.8 Å². The number of carbonyl (C=O) groups is 2. The lowest BCUT2D eigenvalue weighted by molar-refractivity contribution is -0.153. The molecule has 146 valence electrons. The molecular formula is C21H28FN3O2. The quantitative estimate of drug-likeness (QED) is 0.881. The molecule has 27 heavy (non-hydrogen) atoms. The molecule has 2 aliphatic heterocycles. The van der Waals surface area contributed by atoms with Gasteiger partial charge in [0.1, 0.15) is 17.9 Å². The van der Waals surface area contributed by atoms with Crippen molar-refractivity contribution in [3.05, 3.63) is 35.6 Å². The van der Waals surface area contributed by atoms with Crippen molar-refractivity contribution in [2.45, 2.75) is 57.2 Å². The summed E-state index contributed by atoms with van der Waals surface area (Å²) >= 11 is 0. The van der Waals surface area contributed by atoms with Gasteiger partial charge in [-0.25, -0.2) is 4.39 Å². The molecule has 0 radical (unpaired) electrons. The number of hydrogen-bond acceptors (Lipinski definition) is 3. The van der Waals surface area contributed by atoms with Crippen LogP contribution in [0.15, 0.2) is 24.3 Å². The van der Waals surface area contributed by atoms with Crippen molar-refractivity contribution in [1.82, 2.24) is 15.1 Å². The third-order valence-corrected chi connectivity index (χ3v) is 6.31. The third kappa shape index (κ3) is 4.00. The van der Waals surface area contributed by atoms with E-state index in [4.69, 9.17) is 0 Å². The second-order valence-corrected chi connectivity index (χ2v) is 8.17. The fourth-order valence-corrected chi connectivity index (χ4v) is 4.78. The van der Waals surface area contributed by atoms with Crippen LogP contribution in [0.5, 0.6) is 0 Å². The standard InChI is InChI=1S/C21H28FN3O2/c22-17-9-5-4-8-16(17)13-24-10-11-25-19(14-24)20(26)23-18(21(25)27)12-15-6-2-1-3-7-15/h4-5,8-9,15,18-19H,1-3,6-7,10-14H2,(H,23,26)/t18-,19+/m0/s1. The SMILES string of the molecule is O=C1N[C@@H](CC2CCCCC2)C(=O)N2CCN(Cc3ccccc3F)C[C@H]12. The van der Waals surface area contributed by atoms with Crippen molar-refractivity contribution < 1.29 is 14.0 Å². The van der Waals surface area contributed by atoms with Gasteiger partial charge in [0.05, 0.1) is 0 Å². The van der Waals surface area contributed by atoms with Gasteiger partial charge in [-0.05, 0) is 18.4 Å². The van der Waals surface area contributed by atoms with E-state index in [9.17, 15) is 14.0 Å². The molecule has 1 aromatic carbocycles. The molecule has 0 spiro atoms. The molecule has 2 saturated heterocycles. The van der Waals surface area contributed by atoms with Crippen LogP contribution < -0.4 is 5.32 Å². The minimum Gasteiger partial charge on any atom is -0.342 e. The van der Waals surface area contributed by atoms with Gasteiger partial charge in [-0.3, -0.25) is 14.5 Å². The van der Waals surface area contributed by atoms with Gasteiger partial charge in [0.2, 0.25) is 11.8 Å². The molecule has 0 unspecified atom stereocenters. The van der Waals surface area contributed by atoms with Gasteiger partial charge in [0.25, 0.3) is 0 Å². The van der Waals surface area contributed by atoms with Crippen molar-refractivity contribution in [3.8, 4) is 0 Å². The Labute approximate surface area is 159 Å². The number of carbonyl (C=O) groups excluding carboxylic acids is 2. The first-order valence-corrected chi connectivity index (χ1v) is 10.2. The van der Waals surface area contributed by atoms with Gasteiger partial charge in [-0.1, -0.05) is 50.3 Å². The molecule has 2 atom stereocenters. The Hall–Kier alpha value is -1.95. The minimum absolute atomic E-state index is 0.0614. The normalized spacial score (nSPS) is 27.4. The van der Waals surface area contributed by atoms with E-state index in [-0.39, 0.29) is 23.7 Å². The number of hydrogen-bond donors (Lipinski definition) is 1. The summed E-state index contributed by atoms with van der Waals surface area (Å²) in [6, 6.07) is 5.90. The van der Waals surface area contributed by atoms with E-state index in [1.807, 2.05) is 6.07 Å². The van der Waals surface area contributed by atoms with Crippen molar-refractivity contribution in [3.63, 3.8) is 0 Å². The van der Waals surface area contributed by atoms with Crippen LogP contribution in [0, 0.1) is 11.7 Å². The Morgan fingerprint density at radius 1 is 1.07 bits per heavy atom. The Kier molecular flexibility index (Phi) is 5.43. The summed E-state index contributed by atoms with van der Waals surface area (Å²) in [5.41, 5.74) is 0.628. The first-order chi connectivity index (χ1) is 13.1. The lowest BCUT2D eigenvalue weighted by Crippen LogP contribution is -2.69. The van der Waals surface area contributed by atoms with Crippen molar-refractivity contribution in [2.75, 3.05) is 19.6 Å². The number of nitrogens with one attached hydrogen (secondary N) is 1. The van der Waals surface area contributed by atoms with Gasteiger partial charge >= 0.3 is 0 Å². The fraction of sp³-hybridized carbons (Fsp3) is 0.619. The molecule has 3 fully saturated rings. The highest BCUT2D eigenvalue weighted by Crippen LogP contribution is 2.29. The number of fused-ring (bicyclic) bond motifs is 1. The smallest absolute Gasteiger partial charge is 0.245 e. The van der Waals surface area contributed by atoms with Crippen LogP contribution in [0.3, 0.4) is 0 Å². The van der Waals surface area contributed by atoms with Gasteiger partial charge in [-0.2, -0.15) is 0 Å². The molecule has 0 aromatic heterocycles. The molecule has 5 nitrogen and oxygen atoms in total. The van der Waals surface area contributed by atoms with E-state index in [2.05, 4.69) is 10.2 Å². The summed E-state index contributed by atoms with van der Waals surface area (Å²) in [5.74, 6) is 0.327. The summed E-state index contributed by atoms with van der Waals surface area (Å²) in [4.78, 5) is 29.4. The predicted octanol–water partition coefficient (Wildman–Crippen LogP) is 2.31. The highest BCUT2D eigenvalue weighted by atomic mass is 19.1. The van der Waals surface area contributed by atoms with E-state index in [0.29, 0.717) is 37.7 Å². The number of halogens is 1. The number of rotatable bonds is 4. The van der Waals surface area contributed by atoms with Crippen LogP contribution >= 0.6 is 0 Å². The van der Waals surface area contributed by atoms with Crippen LogP contribution in [0.1, 0.15) is 44.1 Å². The zero-order valence-electron chi connectivity index (χ0n) is 15.7. The Morgan fingerprint density at radius 2 is 1.85 bits per heavy atom. The topological polar surface area (TPSA) is 52.7 Å². The summed E-state index contributed by atoms with van der Waals surface area (Å²) in [6.07, 6.45) is 6.85. The molecule has 1 aromatic rings. The summed E-state index contributed by atoms with van der Waals surface area (Å²) < 4.78 is 13.9. The van der Waals surface area contributed by atoms with Crippen LogP contribution in [-0.4, -0.2) is 53.3 Å². The van der Waals surface area contributed by atoms with Crippen LogP contribution in [0.2, 0.25) is 0 Å². The van der Waals surface area contributed by atoms with E-state index < -0.39 is 6.04 Å². The van der Waals surface area contributed by atoms with Gasteiger partial charge in [-0.15, -0.1) is 0 Å². The molecule has 1 aliphatic carbocycles. The highest BCUT2D eigenvalue weighted by molar-refractivity contribution is 5.97. The first-order valence-electron chi connectivity index (χ1n) is 10.2. The van der Waals surface area contributed by atoms with Crippen LogP contribution in [-0.2, 0) is 16.1 Å². The number of amides is 2. The molecule has 0 bridgehead atoms. The van der Waals surface area contributed by atoms with E-state index in [1.54, 1.807) is 17.0 Å². The van der Waals surface area contributed by atoms with E-state index >= 15 is 0 Å². The molecule has 1 N–H and O–H groups in total. The number of piperazine rings is 2. The predicted molar refractivity (Wildman–Crippen MR) is 100 cm³/mol. The molecular weight excluding hydrogens is 345 g/mol. The molecule has 1 saturated carbocycles. The van der Waals surface area contributed by atoms with Gasteiger partial charge in [0.15, 0.2) is 0 Å². The fourth-order valence-electron chi connectivity index (χ4n) is 4.78. The van der Waals surface area contributed by atoms with Gasteiger partial charge < -0.3 is 10.2 Å². The summed E-state index contributed by atoms with van der Waals surface area (Å²) in [5, 5.41) is 2.98. The number of nitrogens with zero attached hydrogens (tertiary/aromatic N) is 2. The highest BCUT2D eigenvalue weighted by Gasteiger charge is 2.43. The monoisotopic (exact) mass is 373 g/mol. The van der Waals surface area contributed by atoms with Crippen LogP contribution in [0.4, 0.5) is 4.39 Å². The minimum atomic E-state index is -0.458. The maximum absolute atomic E-state index is 13.9. The molecule has 3 aliphatic rings. The van der Waals surface area contributed by atoms with Gasteiger partial charge in [0, 0.05) is 31.7 Å². The summed E-state index contributed by atoms with van der Waals surface area (Å²) in [7, 11) is 0. The lowest BCUT2D eigenvalue weighted by atomic mass is 9.84. The maximum atomic E-state index is 13.9. The first kappa shape index (κ1) is 18.4.